The second kappa shape index (κ2) is 10.4. The van der Waals surface area contributed by atoms with Crippen LogP contribution in [-0.4, -0.2) is 0 Å². The summed E-state index contributed by atoms with van der Waals surface area (Å²) in [6.07, 6.45) is 0. The minimum atomic E-state index is -0.625. The Morgan fingerprint density at radius 1 is 0.378 bits per heavy atom. The van der Waals surface area contributed by atoms with Crippen molar-refractivity contribution in [3.05, 3.63) is 170 Å². The zero-order valence-corrected chi connectivity index (χ0v) is 23.5. The monoisotopic (exact) mass is 586 g/mol. The summed E-state index contributed by atoms with van der Waals surface area (Å²) in [6.45, 7) is 0. The van der Waals surface area contributed by atoms with Crippen molar-refractivity contribution in [3.63, 3.8) is 0 Å². The molecule has 9 aromatic rings. The lowest BCUT2D eigenvalue weighted by atomic mass is 9.84. The van der Waals surface area contributed by atoms with E-state index in [4.69, 9.17) is 18.1 Å². The lowest BCUT2D eigenvalue weighted by Gasteiger charge is -2.18. The van der Waals surface area contributed by atoms with E-state index >= 15 is 0 Å². The first kappa shape index (κ1) is 15.2. The molecule has 1 aromatic heterocycles. The summed E-state index contributed by atoms with van der Waals surface area (Å²) in [5, 5.41) is 1.92. The van der Waals surface area contributed by atoms with Gasteiger partial charge in [-0.3, -0.25) is 0 Å². The molecule has 0 aliphatic rings. The number of fused-ring (bicyclic) bond motifs is 5. The summed E-state index contributed by atoms with van der Waals surface area (Å²) >= 11 is 0. The van der Waals surface area contributed by atoms with E-state index in [1.807, 2.05) is 0 Å². The normalized spacial score (nSPS) is 15.9. The molecule has 0 radical (unpaired) electrons. The molecule has 0 atom stereocenters. The minimum absolute atomic E-state index is 0.0400. The van der Waals surface area contributed by atoms with Crippen molar-refractivity contribution < 1.29 is 23.6 Å². The van der Waals surface area contributed by atoms with Gasteiger partial charge in [-0.1, -0.05) is 151 Å². The first-order chi connectivity index (χ1) is 28.2. The predicted molar refractivity (Wildman–Crippen MR) is 190 cm³/mol. The molecule has 0 saturated heterocycles. The molecular weight excluding hydrogens is 544 g/mol. The molecular formula is C44H28O. The highest BCUT2D eigenvalue weighted by Gasteiger charge is 2.20. The molecule has 0 amide bonds. The molecule has 0 bridgehead atoms. The van der Waals surface area contributed by atoms with E-state index in [0.717, 1.165) is 0 Å². The van der Waals surface area contributed by atoms with Gasteiger partial charge in [0.15, 0.2) is 0 Å². The third kappa shape index (κ3) is 4.17. The van der Waals surface area contributed by atoms with Crippen LogP contribution in [0.1, 0.15) is 19.2 Å². The van der Waals surface area contributed by atoms with Crippen LogP contribution in [0.4, 0.5) is 0 Å². The summed E-state index contributed by atoms with van der Waals surface area (Å²) in [6, 6.07) is 18.0. The van der Waals surface area contributed by atoms with E-state index in [9.17, 15) is 5.48 Å². The van der Waals surface area contributed by atoms with E-state index in [0.29, 0.717) is 38.2 Å². The third-order valence-corrected chi connectivity index (χ3v) is 8.02. The van der Waals surface area contributed by atoms with Gasteiger partial charge in [-0.05, 0) is 84.2 Å². The third-order valence-electron chi connectivity index (χ3n) is 8.02. The highest BCUT2D eigenvalue weighted by Crippen LogP contribution is 2.47. The minimum Gasteiger partial charge on any atom is -0.456 e. The van der Waals surface area contributed by atoms with Crippen LogP contribution in [0.5, 0.6) is 0 Å². The molecule has 0 aliphatic carbocycles. The van der Waals surface area contributed by atoms with Crippen molar-refractivity contribution in [3.8, 4) is 44.5 Å². The lowest BCUT2D eigenvalue weighted by Crippen LogP contribution is -1.91. The fourth-order valence-corrected chi connectivity index (χ4v) is 6.06. The van der Waals surface area contributed by atoms with Gasteiger partial charge in [0, 0.05) is 10.8 Å². The summed E-state index contributed by atoms with van der Waals surface area (Å²) in [5.74, 6) is 0. The van der Waals surface area contributed by atoms with Crippen LogP contribution in [0.15, 0.2) is 174 Å². The van der Waals surface area contributed by atoms with Crippen molar-refractivity contribution in [2.75, 3.05) is 0 Å². The van der Waals surface area contributed by atoms with E-state index in [-0.39, 0.29) is 86.0 Å². The first-order valence-electron chi connectivity index (χ1n) is 21.3. The highest BCUT2D eigenvalue weighted by molar-refractivity contribution is 6.25. The maximum absolute atomic E-state index is 9.53. The molecule has 0 unspecified atom stereocenters. The van der Waals surface area contributed by atoms with Crippen molar-refractivity contribution in [2.24, 2.45) is 0 Å². The quantitative estimate of drug-likeness (QED) is 0.187. The fourth-order valence-electron chi connectivity index (χ4n) is 6.06. The van der Waals surface area contributed by atoms with Gasteiger partial charge in [0.25, 0.3) is 0 Å². The van der Waals surface area contributed by atoms with Crippen LogP contribution < -0.4 is 0 Å². The SMILES string of the molecule is [2H]c1c([2H])c([2H])c(-c2cc([2H])c3oc4c([2H])c([2H])c([2H])c(-c5c6ccccc6c(-c6c([2H])c([2H])c(-c7ccccc7)c([2H])c6[2H])c6ccccc56)c4c3c2[2H])c([2H])c1[2H]. The van der Waals surface area contributed by atoms with Crippen LogP contribution >= 0.6 is 0 Å². The van der Waals surface area contributed by atoms with E-state index in [1.54, 1.807) is 78.9 Å². The zero-order chi connectivity index (χ0) is 41.9. The molecule has 0 saturated carbocycles. The van der Waals surface area contributed by atoms with Crippen molar-refractivity contribution >= 4 is 43.5 Å². The maximum atomic E-state index is 9.53. The van der Waals surface area contributed by atoms with Crippen molar-refractivity contribution in [1.82, 2.24) is 0 Å². The Bertz CT molecular complexity index is 3200. The Hall–Kier alpha value is -5.92. The van der Waals surface area contributed by atoms with Crippen LogP contribution in [-0.2, 0) is 0 Å². The summed E-state index contributed by atoms with van der Waals surface area (Å²) < 4.78 is 131. The van der Waals surface area contributed by atoms with Crippen LogP contribution in [0.2, 0.25) is 0 Å². The summed E-state index contributed by atoms with van der Waals surface area (Å²) in [4.78, 5) is 0. The molecule has 1 nitrogen and oxygen atoms in total. The standard InChI is InChI=1S/C44H28O/c1-3-12-29(13-4-1)31-22-24-32(25-23-31)42-34-16-7-9-18-36(34)43(37-19-10-8-17-35(37)42)38-20-11-21-41-44(38)39-28-33(26-27-40(39)45-41)30-14-5-2-6-15-30/h1-28H/i2D,5D,6D,11D,14D,15D,20D,21D,22D,23D,24D,25D,27D,28D. The van der Waals surface area contributed by atoms with Crippen molar-refractivity contribution in [2.45, 2.75) is 0 Å². The largest absolute Gasteiger partial charge is 0.456 e. The van der Waals surface area contributed by atoms with E-state index in [2.05, 4.69) is 0 Å². The number of hydrogen-bond acceptors (Lipinski definition) is 1. The highest BCUT2D eigenvalue weighted by atomic mass is 16.3. The van der Waals surface area contributed by atoms with Gasteiger partial charge in [-0.2, -0.15) is 0 Å². The number of rotatable bonds is 4. The topological polar surface area (TPSA) is 13.1 Å². The molecule has 0 fully saturated rings. The number of hydrogen-bond donors (Lipinski definition) is 0. The van der Waals surface area contributed by atoms with E-state index in [1.165, 1.54) is 6.07 Å². The van der Waals surface area contributed by atoms with Crippen molar-refractivity contribution in [1.29, 1.82) is 0 Å². The van der Waals surface area contributed by atoms with Gasteiger partial charge in [0.1, 0.15) is 11.2 Å². The smallest absolute Gasteiger partial charge is 0.136 e. The van der Waals surface area contributed by atoms with Gasteiger partial charge in [-0.15, -0.1) is 0 Å². The van der Waals surface area contributed by atoms with Crippen LogP contribution in [0, 0.1) is 0 Å². The molecule has 8 aromatic carbocycles. The predicted octanol–water partition coefficient (Wildman–Crippen LogP) is 12.6. The lowest BCUT2D eigenvalue weighted by molar-refractivity contribution is 0.669. The average molecular weight is 587 g/mol. The Kier molecular flexibility index (Phi) is 3.50. The van der Waals surface area contributed by atoms with Gasteiger partial charge in [0.2, 0.25) is 0 Å². The second-order valence-corrected chi connectivity index (χ2v) is 10.5. The average Bonchev–Trinajstić information content (AvgIpc) is 3.65. The Labute approximate surface area is 281 Å². The van der Waals surface area contributed by atoms with E-state index < -0.39 is 48.3 Å². The van der Waals surface area contributed by atoms with Crippen LogP contribution in [0.3, 0.4) is 0 Å². The Morgan fingerprint density at radius 2 is 0.978 bits per heavy atom. The molecule has 0 spiro atoms. The number of furan rings is 1. The zero-order valence-electron chi connectivity index (χ0n) is 37.5. The molecule has 45 heavy (non-hydrogen) atoms. The Morgan fingerprint density at radius 3 is 1.67 bits per heavy atom. The molecule has 1 heterocycles. The number of benzene rings is 8. The van der Waals surface area contributed by atoms with Gasteiger partial charge in [-0.25, -0.2) is 0 Å². The molecule has 0 N–H and O–H groups in total. The molecule has 9 rings (SSSR count). The molecule has 1 heteroatoms. The summed E-state index contributed by atoms with van der Waals surface area (Å²) in [5.41, 5.74) is 0.782. The van der Waals surface area contributed by atoms with Gasteiger partial charge in [0.05, 0.1) is 19.2 Å². The maximum Gasteiger partial charge on any atom is 0.136 e. The molecule has 0 aliphatic heterocycles. The second-order valence-electron chi connectivity index (χ2n) is 10.5. The van der Waals surface area contributed by atoms with Gasteiger partial charge < -0.3 is 4.42 Å². The Balaban J connectivity index is 1.45. The summed E-state index contributed by atoms with van der Waals surface area (Å²) in [7, 11) is 0. The molecule has 210 valence electrons. The van der Waals surface area contributed by atoms with Gasteiger partial charge >= 0.3 is 0 Å². The van der Waals surface area contributed by atoms with Crippen LogP contribution in [0.25, 0.3) is 88.0 Å². The first-order valence-corrected chi connectivity index (χ1v) is 14.3. The fraction of sp³-hybridized carbons (Fsp3) is 0.